The van der Waals surface area contributed by atoms with E-state index in [1.54, 1.807) is 6.20 Å². The summed E-state index contributed by atoms with van der Waals surface area (Å²) in [5.74, 6) is 1.66. The molecule has 10 nitrogen and oxygen atoms in total. The van der Waals surface area contributed by atoms with Crippen molar-refractivity contribution in [3.05, 3.63) is 6.20 Å². The first-order valence-electron chi connectivity index (χ1n) is 12.1. The molecule has 5 rings (SSSR count). The molecule has 0 atom stereocenters. The van der Waals surface area contributed by atoms with Crippen LogP contribution in [0.4, 0.5) is 11.8 Å². The van der Waals surface area contributed by atoms with E-state index < -0.39 is 15.6 Å². The van der Waals surface area contributed by atoms with Crippen molar-refractivity contribution in [2.75, 3.05) is 49.7 Å². The van der Waals surface area contributed by atoms with Gasteiger partial charge in [0.05, 0.1) is 12.5 Å². The molecule has 1 aromatic rings. The number of aromatic nitrogens is 2. The molecular formula is C22H34N6O4S. The van der Waals surface area contributed by atoms with Gasteiger partial charge in [-0.3, -0.25) is 9.69 Å². The van der Waals surface area contributed by atoms with Crippen LogP contribution >= 0.6 is 0 Å². The van der Waals surface area contributed by atoms with E-state index >= 15 is 0 Å². The van der Waals surface area contributed by atoms with Crippen molar-refractivity contribution in [1.29, 1.82) is 0 Å². The second kappa shape index (κ2) is 8.66. The SMILES string of the molecule is CN1CCC2(CC1)Oc1cnc(NC3CCN(S(C)(=O)=O)CC3)nc1N(C1CCCC1)C2=O. The van der Waals surface area contributed by atoms with E-state index in [-0.39, 0.29) is 18.0 Å². The summed E-state index contributed by atoms with van der Waals surface area (Å²) >= 11 is 0. The average Bonchev–Trinajstić information content (AvgIpc) is 3.31. The molecule has 4 aliphatic rings. The topological polar surface area (TPSA) is 108 Å². The minimum absolute atomic E-state index is 0.0427. The highest BCUT2D eigenvalue weighted by molar-refractivity contribution is 7.88. The van der Waals surface area contributed by atoms with E-state index in [0.29, 0.717) is 56.3 Å². The number of carbonyl (C=O) groups excluding carboxylic acids is 1. The second-order valence-corrected chi connectivity index (χ2v) is 12.0. The number of ether oxygens (including phenoxy) is 1. The highest BCUT2D eigenvalue weighted by Gasteiger charge is 2.52. The summed E-state index contributed by atoms with van der Waals surface area (Å²) in [5.41, 5.74) is -0.821. The Hall–Kier alpha value is -1.98. The Morgan fingerprint density at radius 2 is 1.76 bits per heavy atom. The van der Waals surface area contributed by atoms with Crippen LogP contribution in [-0.2, 0) is 14.8 Å². The summed E-state index contributed by atoms with van der Waals surface area (Å²) in [7, 11) is -1.09. The number of piperidine rings is 2. The Bertz CT molecular complexity index is 996. The maximum absolute atomic E-state index is 13.8. The lowest BCUT2D eigenvalue weighted by Gasteiger charge is -2.47. The number of amides is 1. The number of carbonyl (C=O) groups is 1. The summed E-state index contributed by atoms with van der Waals surface area (Å²) in [6.45, 7) is 2.61. The van der Waals surface area contributed by atoms with Gasteiger partial charge in [-0.2, -0.15) is 4.98 Å². The number of nitrogens with one attached hydrogen (secondary N) is 1. The zero-order valence-electron chi connectivity index (χ0n) is 19.5. The van der Waals surface area contributed by atoms with Crippen LogP contribution in [0.1, 0.15) is 51.4 Å². The Balaban J connectivity index is 1.38. The van der Waals surface area contributed by atoms with Crippen LogP contribution in [-0.4, -0.2) is 90.7 Å². The lowest BCUT2D eigenvalue weighted by atomic mass is 9.87. The molecule has 182 valence electrons. The summed E-state index contributed by atoms with van der Waals surface area (Å²) in [6, 6.07) is 0.235. The van der Waals surface area contributed by atoms with Crippen molar-refractivity contribution in [2.45, 2.75) is 69.1 Å². The second-order valence-electron chi connectivity index (χ2n) is 9.98. The first-order valence-corrected chi connectivity index (χ1v) is 13.9. The fourth-order valence-electron chi connectivity index (χ4n) is 5.56. The third-order valence-corrected chi connectivity index (χ3v) is 8.92. The van der Waals surface area contributed by atoms with Crippen molar-refractivity contribution in [2.24, 2.45) is 0 Å². The standard InChI is InChI=1S/C22H34N6O4S/c1-26-13-9-22(10-14-26)20(29)28(17-5-3-4-6-17)19-18(32-22)15-23-21(25-19)24-16-7-11-27(12-8-16)33(2,30)31/h15-17H,3-14H2,1-2H3,(H,23,24,25). The van der Waals surface area contributed by atoms with Crippen LogP contribution in [0, 0.1) is 0 Å². The van der Waals surface area contributed by atoms with Crippen molar-refractivity contribution in [1.82, 2.24) is 19.2 Å². The third-order valence-electron chi connectivity index (χ3n) is 7.62. The van der Waals surface area contributed by atoms with Crippen molar-refractivity contribution in [3.8, 4) is 5.75 Å². The number of hydrogen-bond acceptors (Lipinski definition) is 8. The van der Waals surface area contributed by atoms with Crippen LogP contribution in [0.15, 0.2) is 6.20 Å². The third kappa shape index (κ3) is 4.42. The van der Waals surface area contributed by atoms with E-state index in [9.17, 15) is 13.2 Å². The van der Waals surface area contributed by atoms with Gasteiger partial charge in [0.15, 0.2) is 17.2 Å². The highest BCUT2D eigenvalue weighted by atomic mass is 32.2. The van der Waals surface area contributed by atoms with E-state index in [1.165, 1.54) is 10.6 Å². The summed E-state index contributed by atoms with van der Waals surface area (Å²) in [6.07, 6.45) is 9.87. The van der Waals surface area contributed by atoms with Crippen LogP contribution in [0.25, 0.3) is 0 Å². The molecule has 0 bridgehead atoms. The smallest absolute Gasteiger partial charge is 0.272 e. The zero-order chi connectivity index (χ0) is 23.2. The quantitative estimate of drug-likeness (QED) is 0.693. The molecule has 1 spiro atoms. The van der Waals surface area contributed by atoms with Crippen LogP contribution in [0.3, 0.4) is 0 Å². The molecule has 1 aromatic heterocycles. The molecular weight excluding hydrogens is 444 g/mol. The molecule has 1 N–H and O–H groups in total. The number of anilines is 2. The molecule has 1 amide bonds. The van der Waals surface area contributed by atoms with Gasteiger partial charge >= 0.3 is 0 Å². The predicted octanol–water partition coefficient (Wildman–Crippen LogP) is 1.44. The number of rotatable bonds is 4. The minimum atomic E-state index is -3.16. The van der Waals surface area contributed by atoms with Crippen molar-refractivity contribution in [3.63, 3.8) is 0 Å². The Labute approximate surface area is 195 Å². The van der Waals surface area contributed by atoms with E-state index in [2.05, 4.69) is 22.2 Å². The number of nitrogens with zero attached hydrogens (tertiary/aromatic N) is 5. The number of hydrogen-bond donors (Lipinski definition) is 1. The molecule has 1 saturated carbocycles. The van der Waals surface area contributed by atoms with Gasteiger partial charge in [-0.05, 0) is 32.7 Å². The highest BCUT2D eigenvalue weighted by Crippen LogP contribution is 2.44. The Morgan fingerprint density at radius 3 is 2.39 bits per heavy atom. The van der Waals surface area contributed by atoms with Crippen molar-refractivity contribution < 1.29 is 17.9 Å². The van der Waals surface area contributed by atoms with Gasteiger partial charge < -0.3 is 15.0 Å². The van der Waals surface area contributed by atoms with Gasteiger partial charge in [-0.15, -0.1) is 0 Å². The molecule has 3 aliphatic heterocycles. The van der Waals surface area contributed by atoms with Crippen molar-refractivity contribution >= 4 is 27.7 Å². The van der Waals surface area contributed by atoms with E-state index in [1.807, 2.05) is 4.90 Å². The monoisotopic (exact) mass is 478 g/mol. The maximum Gasteiger partial charge on any atom is 0.272 e. The Morgan fingerprint density at radius 1 is 1.09 bits per heavy atom. The molecule has 33 heavy (non-hydrogen) atoms. The first-order chi connectivity index (χ1) is 15.7. The average molecular weight is 479 g/mol. The van der Waals surface area contributed by atoms with Gasteiger partial charge in [0.1, 0.15) is 0 Å². The molecule has 4 heterocycles. The predicted molar refractivity (Wildman–Crippen MR) is 125 cm³/mol. The molecule has 11 heteroatoms. The number of likely N-dealkylation sites (tertiary alicyclic amines) is 1. The first kappa shape index (κ1) is 22.8. The fraction of sp³-hybridized carbons (Fsp3) is 0.773. The summed E-state index contributed by atoms with van der Waals surface area (Å²) in [4.78, 5) is 27.2. The molecule has 0 radical (unpaired) electrons. The zero-order valence-corrected chi connectivity index (χ0v) is 20.3. The fourth-order valence-corrected chi connectivity index (χ4v) is 6.43. The molecule has 0 aromatic carbocycles. The van der Waals surface area contributed by atoms with Gasteiger partial charge in [0, 0.05) is 51.1 Å². The summed E-state index contributed by atoms with van der Waals surface area (Å²) < 4.78 is 31.4. The van der Waals surface area contributed by atoms with Crippen LogP contribution < -0.4 is 15.0 Å². The lowest BCUT2D eigenvalue weighted by Crippen LogP contribution is -2.62. The minimum Gasteiger partial charge on any atom is -0.472 e. The molecule has 1 aliphatic carbocycles. The van der Waals surface area contributed by atoms with Gasteiger partial charge in [0.2, 0.25) is 16.0 Å². The number of fused-ring (bicyclic) bond motifs is 1. The van der Waals surface area contributed by atoms with Gasteiger partial charge in [-0.1, -0.05) is 12.8 Å². The van der Waals surface area contributed by atoms with Gasteiger partial charge in [-0.25, -0.2) is 17.7 Å². The lowest BCUT2D eigenvalue weighted by molar-refractivity contribution is -0.140. The number of sulfonamides is 1. The molecule has 3 fully saturated rings. The normalized spacial score (nSPS) is 25.3. The van der Waals surface area contributed by atoms with Crippen LogP contribution in [0.2, 0.25) is 0 Å². The van der Waals surface area contributed by atoms with E-state index in [4.69, 9.17) is 9.72 Å². The summed E-state index contributed by atoms with van der Waals surface area (Å²) in [5, 5.41) is 3.36. The maximum atomic E-state index is 13.8. The van der Waals surface area contributed by atoms with Crippen LogP contribution in [0.5, 0.6) is 5.75 Å². The van der Waals surface area contributed by atoms with E-state index in [0.717, 1.165) is 38.8 Å². The molecule has 2 saturated heterocycles. The Kier molecular flexibility index (Phi) is 5.98. The largest absolute Gasteiger partial charge is 0.472 e. The van der Waals surface area contributed by atoms with Gasteiger partial charge in [0.25, 0.3) is 5.91 Å². The molecule has 0 unspecified atom stereocenters.